The van der Waals surface area contributed by atoms with Gasteiger partial charge < -0.3 is 15.5 Å². The number of nitrogens with zero attached hydrogens (tertiary/aromatic N) is 1. The molecule has 0 aromatic heterocycles. The molecule has 1 atom stereocenters. The van der Waals surface area contributed by atoms with E-state index in [0.29, 0.717) is 17.8 Å². The van der Waals surface area contributed by atoms with Crippen molar-refractivity contribution in [2.45, 2.75) is 13.0 Å². The lowest BCUT2D eigenvalue weighted by atomic mass is 10.1. The molecule has 5 nitrogen and oxygen atoms in total. The molecular formula is C19H24N3O2+. The Morgan fingerprint density at radius 2 is 1.67 bits per heavy atom. The van der Waals surface area contributed by atoms with Crippen molar-refractivity contribution >= 4 is 17.5 Å². The highest BCUT2D eigenvalue weighted by Crippen LogP contribution is 2.11. The topological polar surface area (TPSA) is 66.0 Å². The van der Waals surface area contributed by atoms with Crippen molar-refractivity contribution in [1.29, 1.82) is 0 Å². The van der Waals surface area contributed by atoms with Gasteiger partial charge in [0, 0.05) is 30.9 Å². The van der Waals surface area contributed by atoms with Gasteiger partial charge in [-0.05, 0) is 31.2 Å². The van der Waals surface area contributed by atoms with Crippen LogP contribution in [0.15, 0.2) is 54.6 Å². The van der Waals surface area contributed by atoms with Gasteiger partial charge in [0.1, 0.15) is 6.04 Å². The molecule has 0 aliphatic heterocycles. The largest absolute Gasteiger partial charge is 0.345 e. The Kier molecular flexibility index (Phi) is 6.09. The molecule has 0 saturated carbocycles. The van der Waals surface area contributed by atoms with Gasteiger partial charge in [-0.1, -0.05) is 30.3 Å². The molecule has 0 saturated heterocycles. The number of nitrogens with one attached hydrogen (secondary N) is 1. The van der Waals surface area contributed by atoms with Crippen molar-refractivity contribution < 1.29 is 14.9 Å². The van der Waals surface area contributed by atoms with E-state index >= 15 is 0 Å². The number of amides is 2. The van der Waals surface area contributed by atoms with E-state index in [2.05, 4.69) is 24.4 Å². The average Bonchev–Trinajstić information content (AvgIpc) is 2.60. The second-order valence-electron chi connectivity index (χ2n) is 5.96. The number of anilines is 1. The first-order valence-corrected chi connectivity index (χ1v) is 7.97. The summed E-state index contributed by atoms with van der Waals surface area (Å²) in [4.78, 5) is 25.4. The van der Waals surface area contributed by atoms with Gasteiger partial charge in [0.2, 0.25) is 0 Å². The number of rotatable bonds is 6. The standard InChI is InChI=1S/C19H23N3O2/c1-14(15-7-5-4-6-8-15)20-13-18(23)21-17-11-9-16(10-12-17)19(24)22(2)3/h4-12,14,20H,13H2,1-3H3,(H,21,23)/p+1/t14-/m1/s1. The molecule has 0 radical (unpaired) electrons. The second-order valence-corrected chi connectivity index (χ2v) is 5.96. The maximum absolute atomic E-state index is 12.1. The summed E-state index contributed by atoms with van der Waals surface area (Å²) in [6.07, 6.45) is 0. The summed E-state index contributed by atoms with van der Waals surface area (Å²) in [5, 5.41) is 4.84. The third-order valence-electron chi connectivity index (χ3n) is 3.80. The lowest BCUT2D eigenvalue weighted by Gasteiger charge is -2.12. The smallest absolute Gasteiger partial charge is 0.279 e. The lowest BCUT2D eigenvalue weighted by Crippen LogP contribution is -2.86. The molecule has 2 aromatic rings. The molecular weight excluding hydrogens is 302 g/mol. The Morgan fingerprint density at radius 1 is 1.04 bits per heavy atom. The van der Waals surface area contributed by atoms with Gasteiger partial charge in [-0.2, -0.15) is 0 Å². The van der Waals surface area contributed by atoms with E-state index < -0.39 is 0 Å². The number of benzene rings is 2. The Balaban J connectivity index is 1.85. The summed E-state index contributed by atoms with van der Waals surface area (Å²) < 4.78 is 0. The zero-order valence-corrected chi connectivity index (χ0v) is 14.3. The molecule has 0 aliphatic rings. The van der Waals surface area contributed by atoms with Gasteiger partial charge in [-0.25, -0.2) is 0 Å². The first-order valence-electron chi connectivity index (χ1n) is 7.97. The van der Waals surface area contributed by atoms with E-state index in [4.69, 9.17) is 0 Å². The summed E-state index contributed by atoms with van der Waals surface area (Å²) in [5.41, 5.74) is 2.48. The quantitative estimate of drug-likeness (QED) is 0.848. The van der Waals surface area contributed by atoms with Crippen LogP contribution in [0.5, 0.6) is 0 Å². The number of hydrogen-bond acceptors (Lipinski definition) is 2. The van der Waals surface area contributed by atoms with Crippen LogP contribution >= 0.6 is 0 Å². The minimum absolute atomic E-state index is 0.0575. The SMILES string of the molecule is C[C@@H]([NH2+]CC(=O)Nc1ccc(C(=O)N(C)C)cc1)c1ccccc1. The first kappa shape index (κ1) is 17.7. The highest BCUT2D eigenvalue weighted by atomic mass is 16.2. The predicted octanol–water partition coefficient (Wildman–Crippen LogP) is 1.65. The van der Waals surface area contributed by atoms with Crippen molar-refractivity contribution in [3.8, 4) is 0 Å². The molecule has 2 aromatic carbocycles. The van der Waals surface area contributed by atoms with Gasteiger partial charge in [0.25, 0.3) is 11.8 Å². The molecule has 0 fully saturated rings. The number of quaternary nitrogens is 1. The van der Waals surface area contributed by atoms with E-state index in [1.54, 1.807) is 38.4 Å². The van der Waals surface area contributed by atoms with E-state index in [-0.39, 0.29) is 17.9 Å². The van der Waals surface area contributed by atoms with E-state index in [0.717, 1.165) is 0 Å². The third-order valence-corrected chi connectivity index (χ3v) is 3.80. The second kappa shape index (κ2) is 8.26. The summed E-state index contributed by atoms with van der Waals surface area (Å²) in [5.74, 6) is -0.123. The van der Waals surface area contributed by atoms with Gasteiger partial charge >= 0.3 is 0 Å². The number of carbonyl (C=O) groups is 2. The van der Waals surface area contributed by atoms with Gasteiger partial charge in [-0.15, -0.1) is 0 Å². The first-order chi connectivity index (χ1) is 11.5. The Morgan fingerprint density at radius 3 is 2.25 bits per heavy atom. The van der Waals surface area contributed by atoms with Gasteiger partial charge in [0.05, 0.1) is 0 Å². The molecule has 5 heteroatoms. The van der Waals surface area contributed by atoms with Gasteiger partial charge in [0.15, 0.2) is 6.54 Å². The summed E-state index contributed by atoms with van der Waals surface area (Å²) in [6.45, 7) is 2.42. The monoisotopic (exact) mass is 326 g/mol. The fraction of sp³-hybridized carbons (Fsp3) is 0.263. The number of carbonyl (C=O) groups excluding carboxylic acids is 2. The van der Waals surface area contributed by atoms with Crippen LogP contribution in [0, 0.1) is 0 Å². The summed E-state index contributed by atoms with van der Waals surface area (Å²) in [6, 6.07) is 17.2. The highest BCUT2D eigenvalue weighted by molar-refractivity contribution is 5.95. The van der Waals surface area contributed by atoms with E-state index in [1.165, 1.54) is 10.5 Å². The van der Waals surface area contributed by atoms with Gasteiger partial charge in [-0.3, -0.25) is 9.59 Å². The molecule has 0 aliphatic carbocycles. The van der Waals surface area contributed by atoms with Crippen LogP contribution in [0.4, 0.5) is 5.69 Å². The van der Waals surface area contributed by atoms with E-state index in [9.17, 15) is 9.59 Å². The molecule has 126 valence electrons. The fourth-order valence-corrected chi connectivity index (χ4v) is 2.34. The molecule has 24 heavy (non-hydrogen) atoms. The maximum Gasteiger partial charge on any atom is 0.279 e. The van der Waals surface area contributed by atoms with Crippen LogP contribution in [-0.2, 0) is 4.79 Å². The van der Waals surface area contributed by atoms with Crippen molar-refractivity contribution in [3.63, 3.8) is 0 Å². The minimum Gasteiger partial charge on any atom is -0.345 e. The average molecular weight is 326 g/mol. The maximum atomic E-state index is 12.1. The zero-order chi connectivity index (χ0) is 17.5. The summed E-state index contributed by atoms with van der Waals surface area (Å²) in [7, 11) is 3.42. The number of nitrogens with two attached hydrogens (primary N) is 1. The van der Waals surface area contributed by atoms with E-state index in [1.807, 2.05) is 23.5 Å². The third kappa shape index (κ3) is 4.93. The Hall–Kier alpha value is -2.66. The van der Waals surface area contributed by atoms with Crippen LogP contribution in [0.3, 0.4) is 0 Å². The van der Waals surface area contributed by atoms with Crippen molar-refractivity contribution in [2.75, 3.05) is 26.0 Å². The Labute approximate surface area is 142 Å². The molecule has 0 heterocycles. The van der Waals surface area contributed by atoms with Crippen LogP contribution < -0.4 is 10.6 Å². The highest BCUT2D eigenvalue weighted by Gasteiger charge is 2.12. The van der Waals surface area contributed by atoms with Crippen molar-refractivity contribution in [2.24, 2.45) is 0 Å². The predicted molar refractivity (Wildman–Crippen MR) is 94.7 cm³/mol. The van der Waals surface area contributed by atoms with Crippen LogP contribution in [0.1, 0.15) is 28.9 Å². The minimum atomic E-state index is -0.0653. The Bertz CT molecular complexity index is 682. The molecule has 2 rings (SSSR count). The van der Waals surface area contributed by atoms with Crippen LogP contribution in [-0.4, -0.2) is 37.4 Å². The van der Waals surface area contributed by atoms with Crippen molar-refractivity contribution in [3.05, 3.63) is 65.7 Å². The molecule has 0 bridgehead atoms. The molecule has 0 unspecified atom stereocenters. The van der Waals surface area contributed by atoms with Crippen LogP contribution in [0.25, 0.3) is 0 Å². The summed E-state index contributed by atoms with van der Waals surface area (Å²) >= 11 is 0. The molecule has 2 amide bonds. The van der Waals surface area contributed by atoms with Crippen LogP contribution in [0.2, 0.25) is 0 Å². The zero-order valence-electron chi connectivity index (χ0n) is 14.3. The van der Waals surface area contributed by atoms with Crippen molar-refractivity contribution in [1.82, 2.24) is 4.90 Å². The fourth-order valence-electron chi connectivity index (χ4n) is 2.34. The molecule has 0 spiro atoms. The number of hydrogen-bond donors (Lipinski definition) is 2. The normalized spacial score (nSPS) is 11.6. The molecule has 3 N–H and O–H groups in total. The lowest BCUT2D eigenvalue weighted by molar-refractivity contribution is -0.682.